The summed E-state index contributed by atoms with van der Waals surface area (Å²) < 4.78 is 6.09. The minimum Gasteiger partial charge on any atom is -1.00 e. The first-order valence-corrected chi connectivity index (χ1v) is 9.03. The molecular formula is C14H17Cl2OSiTi. The molecule has 0 unspecified atom stereocenters. The van der Waals surface area contributed by atoms with E-state index in [9.17, 15) is 0 Å². The average molecular weight is 348 g/mol. The van der Waals surface area contributed by atoms with Gasteiger partial charge in [0, 0.05) is 0 Å². The number of hydrogen-bond donors (Lipinski definition) is 0. The molecule has 0 heterocycles. The Kier molecular flexibility index (Phi) is 10.1. The van der Waals surface area contributed by atoms with Crippen LogP contribution >= 0.6 is 0 Å². The molecule has 0 aliphatic heterocycles. The molecule has 0 aromatic heterocycles. The standard InChI is InChI=1S/C14H17OSi.2ClH.Ti/c1-16(2,3)15-14-11-7-6-10-13(14)12-8-4-5-9-12;;;/h4,6-8,10-11H,5H2,1-3H3;2*1H;/q-1;;;+3/p-2. The van der Waals surface area contributed by atoms with Crippen LogP contribution in [0.5, 0.6) is 5.75 Å². The number of para-hydroxylation sites is 1. The molecule has 1 radical (unpaired) electrons. The van der Waals surface area contributed by atoms with Crippen LogP contribution in [0, 0.1) is 6.08 Å². The van der Waals surface area contributed by atoms with Crippen molar-refractivity contribution in [3.05, 3.63) is 48.1 Å². The molecule has 19 heavy (non-hydrogen) atoms. The van der Waals surface area contributed by atoms with E-state index in [0.29, 0.717) is 0 Å². The minimum absolute atomic E-state index is 0. The van der Waals surface area contributed by atoms with Gasteiger partial charge in [0.15, 0.2) is 0 Å². The molecule has 1 aromatic carbocycles. The molecule has 1 aliphatic carbocycles. The van der Waals surface area contributed by atoms with E-state index in [1.165, 1.54) is 5.56 Å². The van der Waals surface area contributed by atoms with E-state index >= 15 is 0 Å². The molecule has 1 aliphatic rings. The number of benzene rings is 1. The van der Waals surface area contributed by atoms with E-state index in [4.69, 9.17) is 4.43 Å². The van der Waals surface area contributed by atoms with Gasteiger partial charge in [0.25, 0.3) is 0 Å². The SMILES string of the molecule is C[Si](C)(C)Oc1ccccc1C1=[C-]CC=C1.[Cl-].[Cl-].[Ti+3]. The zero-order valence-corrected chi connectivity index (χ0v) is 15.4. The minimum atomic E-state index is -1.55. The van der Waals surface area contributed by atoms with Crippen molar-refractivity contribution in [3.8, 4) is 5.75 Å². The van der Waals surface area contributed by atoms with Gasteiger partial charge in [-0.25, -0.2) is 0 Å². The Bertz CT molecular complexity index is 453. The molecule has 0 N–H and O–H groups in total. The summed E-state index contributed by atoms with van der Waals surface area (Å²) in [6, 6.07) is 8.23. The summed E-state index contributed by atoms with van der Waals surface area (Å²) in [5, 5.41) is 0. The molecule has 0 fully saturated rings. The summed E-state index contributed by atoms with van der Waals surface area (Å²) in [7, 11) is -1.55. The molecule has 0 spiro atoms. The molecule has 0 bridgehead atoms. The Balaban J connectivity index is 0. The second-order valence-corrected chi connectivity index (χ2v) is 9.34. The van der Waals surface area contributed by atoms with Crippen LogP contribution in [0.15, 0.2) is 36.4 Å². The van der Waals surface area contributed by atoms with Crippen LogP contribution in [0.1, 0.15) is 12.0 Å². The molecule has 1 nitrogen and oxygen atoms in total. The second kappa shape index (κ2) is 9.04. The van der Waals surface area contributed by atoms with Crippen molar-refractivity contribution >= 4 is 13.9 Å². The van der Waals surface area contributed by atoms with Crippen LogP contribution in [0.25, 0.3) is 5.57 Å². The second-order valence-electron chi connectivity index (χ2n) is 4.91. The quantitative estimate of drug-likeness (QED) is 0.456. The van der Waals surface area contributed by atoms with Crippen LogP contribution in [0.4, 0.5) is 0 Å². The number of halogens is 2. The molecule has 2 rings (SSSR count). The topological polar surface area (TPSA) is 9.23 Å². The van der Waals surface area contributed by atoms with Crippen LogP contribution in [0.2, 0.25) is 19.6 Å². The van der Waals surface area contributed by atoms with Crippen molar-refractivity contribution in [1.82, 2.24) is 0 Å². The fourth-order valence-electron chi connectivity index (χ4n) is 1.70. The Morgan fingerprint density at radius 2 is 1.74 bits per heavy atom. The number of rotatable bonds is 3. The third-order valence-corrected chi connectivity index (χ3v) is 3.12. The van der Waals surface area contributed by atoms with Gasteiger partial charge in [-0.15, -0.1) is 12.1 Å². The van der Waals surface area contributed by atoms with Crippen LogP contribution in [-0.4, -0.2) is 8.32 Å². The first-order chi connectivity index (χ1) is 7.56. The van der Waals surface area contributed by atoms with Gasteiger partial charge in [-0.3, -0.25) is 0 Å². The molecule has 1 aromatic rings. The molecule has 0 saturated carbocycles. The first-order valence-electron chi connectivity index (χ1n) is 5.62. The van der Waals surface area contributed by atoms with Crippen molar-refractivity contribution in [2.45, 2.75) is 26.1 Å². The van der Waals surface area contributed by atoms with Gasteiger partial charge < -0.3 is 29.2 Å². The summed E-state index contributed by atoms with van der Waals surface area (Å²) in [6.45, 7) is 6.60. The van der Waals surface area contributed by atoms with E-state index in [0.717, 1.165) is 17.7 Å². The van der Waals surface area contributed by atoms with Crippen molar-refractivity contribution in [1.29, 1.82) is 0 Å². The first kappa shape index (κ1) is 21.3. The van der Waals surface area contributed by atoms with Crippen LogP contribution < -0.4 is 29.2 Å². The smallest absolute Gasteiger partial charge is 1.00 e. The van der Waals surface area contributed by atoms with Crippen LogP contribution in [0.3, 0.4) is 0 Å². The van der Waals surface area contributed by atoms with Crippen molar-refractivity contribution in [2.24, 2.45) is 0 Å². The summed E-state index contributed by atoms with van der Waals surface area (Å²) in [5.74, 6) is 0.996. The van der Waals surface area contributed by atoms with Gasteiger partial charge in [-0.05, 0) is 25.7 Å². The zero-order chi connectivity index (χ0) is 11.6. The van der Waals surface area contributed by atoms with Crippen molar-refractivity contribution in [3.63, 3.8) is 0 Å². The van der Waals surface area contributed by atoms with Gasteiger partial charge in [0.2, 0.25) is 8.32 Å². The third kappa shape index (κ3) is 6.33. The maximum atomic E-state index is 6.09. The molecule has 5 heteroatoms. The predicted octanol–water partition coefficient (Wildman–Crippen LogP) is -1.95. The Hall–Kier alpha value is 0.0112. The van der Waals surface area contributed by atoms with Crippen molar-refractivity contribution in [2.75, 3.05) is 0 Å². The zero-order valence-electron chi connectivity index (χ0n) is 11.3. The molecule has 0 atom stereocenters. The molecule has 101 valence electrons. The molecular weight excluding hydrogens is 331 g/mol. The van der Waals surface area contributed by atoms with E-state index < -0.39 is 8.32 Å². The number of hydrogen-bond acceptors (Lipinski definition) is 1. The van der Waals surface area contributed by atoms with E-state index in [2.05, 4.69) is 50.0 Å². The monoisotopic (exact) mass is 347 g/mol. The fraction of sp³-hybridized carbons (Fsp3) is 0.286. The van der Waals surface area contributed by atoms with E-state index in [-0.39, 0.29) is 46.5 Å². The van der Waals surface area contributed by atoms with Gasteiger partial charge in [-0.1, -0.05) is 24.1 Å². The maximum absolute atomic E-state index is 6.09. The van der Waals surface area contributed by atoms with Crippen LogP contribution in [-0.2, 0) is 21.7 Å². The normalized spacial score (nSPS) is 12.7. The Morgan fingerprint density at radius 1 is 1.11 bits per heavy atom. The van der Waals surface area contributed by atoms with Gasteiger partial charge in [0.05, 0.1) is 5.75 Å². The fourth-order valence-corrected chi connectivity index (χ4v) is 2.54. The average Bonchev–Trinajstić information content (AvgIpc) is 2.69. The Labute approximate surface area is 144 Å². The molecule has 0 saturated heterocycles. The third-order valence-electron chi connectivity index (χ3n) is 2.29. The predicted molar refractivity (Wildman–Crippen MR) is 70.8 cm³/mol. The Morgan fingerprint density at radius 3 is 2.26 bits per heavy atom. The molecule has 0 amide bonds. The summed E-state index contributed by atoms with van der Waals surface area (Å²) in [4.78, 5) is 0. The summed E-state index contributed by atoms with van der Waals surface area (Å²) in [5.41, 5.74) is 2.33. The van der Waals surface area contributed by atoms with E-state index in [1.54, 1.807) is 0 Å². The summed E-state index contributed by atoms with van der Waals surface area (Å²) >= 11 is 0. The van der Waals surface area contributed by atoms with Crippen molar-refractivity contribution < 1.29 is 51.0 Å². The number of allylic oxidation sites excluding steroid dienone is 4. The van der Waals surface area contributed by atoms with Gasteiger partial charge in [0.1, 0.15) is 0 Å². The van der Waals surface area contributed by atoms with Gasteiger partial charge >= 0.3 is 21.7 Å². The largest absolute Gasteiger partial charge is 3.00 e. The van der Waals surface area contributed by atoms with Gasteiger partial charge in [-0.2, -0.15) is 17.7 Å². The van der Waals surface area contributed by atoms with E-state index in [1.807, 2.05) is 12.1 Å². The summed E-state index contributed by atoms with van der Waals surface area (Å²) in [6.07, 6.45) is 8.50. The maximum Gasteiger partial charge on any atom is 3.00 e.